The molecule has 5 rings (SSSR count). The van der Waals surface area contributed by atoms with Gasteiger partial charge >= 0.3 is 0 Å². The molecule has 2 aromatic carbocycles. The van der Waals surface area contributed by atoms with Crippen LogP contribution in [0.3, 0.4) is 0 Å². The minimum atomic E-state index is -0.0864. The second-order valence-electron chi connectivity index (χ2n) is 7.70. The van der Waals surface area contributed by atoms with Gasteiger partial charge in [0.05, 0.1) is 12.0 Å². The number of furan rings is 1. The van der Waals surface area contributed by atoms with Gasteiger partial charge in [0.25, 0.3) is 0 Å². The van der Waals surface area contributed by atoms with Gasteiger partial charge in [0.1, 0.15) is 11.5 Å². The zero-order valence-electron chi connectivity index (χ0n) is 18.0. The van der Waals surface area contributed by atoms with E-state index < -0.39 is 0 Å². The highest BCUT2D eigenvalue weighted by molar-refractivity contribution is 7.12. The Kier molecular flexibility index (Phi) is 5.87. The molecule has 0 aliphatic heterocycles. The summed E-state index contributed by atoms with van der Waals surface area (Å²) in [5, 5.41) is 10.2. The maximum absolute atomic E-state index is 13.2. The van der Waals surface area contributed by atoms with Crippen LogP contribution < -0.4 is 5.32 Å². The highest BCUT2D eigenvalue weighted by Gasteiger charge is 2.20. The van der Waals surface area contributed by atoms with E-state index in [1.165, 1.54) is 11.3 Å². The van der Waals surface area contributed by atoms with Gasteiger partial charge in [-0.3, -0.25) is 4.79 Å². The average Bonchev–Trinajstić information content (AvgIpc) is 3.60. The Bertz CT molecular complexity index is 1300. The van der Waals surface area contributed by atoms with Crippen LogP contribution in [0.5, 0.6) is 0 Å². The summed E-state index contributed by atoms with van der Waals surface area (Å²) in [5.41, 5.74) is 3.74. The summed E-state index contributed by atoms with van der Waals surface area (Å²) in [6.07, 6.45) is 1.93. The van der Waals surface area contributed by atoms with E-state index in [9.17, 15) is 4.79 Å². The van der Waals surface area contributed by atoms with Crippen molar-refractivity contribution in [1.29, 1.82) is 0 Å². The molecule has 1 N–H and O–H groups in total. The number of carbonyl (C=O) groups excluding carboxylic acids is 1. The quantitative estimate of drug-likeness (QED) is 0.324. The summed E-state index contributed by atoms with van der Waals surface area (Å²) in [6, 6.07) is 25.8. The fraction of sp³-hybridized carbons (Fsp3) is 0.115. The van der Waals surface area contributed by atoms with Crippen LogP contribution in [-0.4, -0.2) is 20.7 Å². The van der Waals surface area contributed by atoms with Gasteiger partial charge in [-0.1, -0.05) is 60.7 Å². The number of hydrogen-bond donors (Lipinski definition) is 1. The Hall–Kier alpha value is -3.97. The smallest absolute Gasteiger partial charge is 0.226 e. The van der Waals surface area contributed by atoms with E-state index in [2.05, 4.69) is 39.7 Å². The van der Waals surface area contributed by atoms with Crippen LogP contribution in [-0.2, 0) is 4.79 Å². The molecule has 33 heavy (non-hydrogen) atoms. The molecule has 0 fully saturated rings. The van der Waals surface area contributed by atoms with Crippen molar-refractivity contribution in [2.24, 2.45) is 0 Å². The third-order valence-corrected chi connectivity index (χ3v) is 6.16. The van der Waals surface area contributed by atoms with Crippen LogP contribution in [0.4, 0.5) is 5.82 Å². The topological polar surface area (TPSA) is 73.0 Å². The van der Waals surface area contributed by atoms with E-state index in [0.717, 1.165) is 22.5 Å². The van der Waals surface area contributed by atoms with E-state index in [4.69, 9.17) is 4.42 Å². The standard InChI is InChI=1S/C26H22N4O2S/c1-18-15-24(30(29-18)26-27-22(17-33-26)23-13-8-14-32-23)28-25(31)16-21(19-9-4-2-5-10-19)20-11-6-3-7-12-20/h2-15,17,21H,16H2,1H3,(H,28,31). The van der Waals surface area contributed by atoms with Crippen LogP contribution in [0.2, 0.25) is 0 Å². The highest BCUT2D eigenvalue weighted by atomic mass is 32.1. The molecule has 3 aromatic heterocycles. The van der Waals surface area contributed by atoms with Gasteiger partial charge < -0.3 is 9.73 Å². The zero-order chi connectivity index (χ0) is 22.6. The van der Waals surface area contributed by atoms with E-state index in [0.29, 0.717) is 23.1 Å². The normalized spacial score (nSPS) is 11.1. The first kappa shape index (κ1) is 20.9. The van der Waals surface area contributed by atoms with Crippen molar-refractivity contribution in [3.8, 4) is 16.6 Å². The summed E-state index contributed by atoms with van der Waals surface area (Å²) in [5.74, 6) is 1.16. The van der Waals surface area contributed by atoms with Gasteiger partial charge in [0, 0.05) is 23.8 Å². The number of benzene rings is 2. The predicted molar refractivity (Wildman–Crippen MR) is 130 cm³/mol. The van der Waals surface area contributed by atoms with Crippen LogP contribution in [0.1, 0.15) is 29.2 Å². The van der Waals surface area contributed by atoms with Crippen molar-refractivity contribution in [1.82, 2.24) is 14.8 Å². The number of anilines is 1. The molecule has 1 amide bonds. The summed E-state index contributed by atoms with van der Waals surface area (Å²) in [7, 11) is 0. The molecule has 0 saturated heterocycles. The monoisotopic (exact) mass is 454 g/mol. The van der Waals surface area contributed by atoms with Crippen LogP contribution in [0.15, 0.2) is 94.9 Å². The summed E-state index contributed by atoms with van der Waals surface area (Å²) in [4.78, 5) is 17.8. The third kappa shape index (κ3) is 4.63. The van der Waals surface area contributed by atoms with Gasteiger partial charge in [-0.05, 0) is 30.2 Å². The molecule has 0 spiro atoms. The van der Waals surface area contributed by atoms with Crippen molar-refractivity contribution in [2.75, 3.05) is 5.32 Å². The van der Waals surface area contributed by atoms with Crippen molar-refractivity contribution in [2.45, 2.75) is 19.3 Å². The Labute approximate surface area is 195 Å². The molecule has 3 heterocycles. The SMILES string of the molecule is Cc1cc(NC(=O)CC(c2ccccc2)c2ccccc2)n(-c2nc(-c3ccco3)cs2)n1. The molecule has 0 unspecified atom stereocenters. The number of rotatable bonds is 7. The first-order chi connectivity index (χ1) is 16.2. The van der Waals surface area contributed by atoms with E-state index in [1.807, 2.05) is 66.9 Å². The minimum absolute atomic E-state index is 0.0460. The molecular formula is C26H22N4O2S. The van der Waals surface area contributed by atoms with Gasteiger partial charge in [-0.25, -0.2) is 4.98 Å². The van der Waals surface area contributed by atoms with Crippen LogP contribution in [0, 0.1) is 6.92 Å². The Morgan fingerprint density at radius 1 is 1.03 bits per heavy atom. The fourth-order valence-electron chi connectivity index (χ4n) is 3.81. The fourth-order valence-corrected chi connectivity index (χ4v) is 4.59. The van der Waals surface area contributed by atoms with E-state index in [1.54, 1.807) is 10.9 Å². The first-order valence-electron chi connectivity index (χ1n) is 10.6. The van der Waals surface area contributed by atoms with Crippen LogP contribution >= 0.6 is 11.3 Å². The number of aromatic nitrogens is 3. The molecule has 6 nitrogen and oxygen atoms in total. The maximum Gasteiger partial charge on any atom is 0.226 e. The zero-order valence-corrected chi connectivity index (χ0v) is 18.8. The Morgan fingerprint density at radius 2 is 1.73 bits per heavy atom. The first-order valence-corrected chi connectivity index (χ1v) is 11.5. The number of thiazole rings is 1. The molecular weight excluding hydrogens is 432 g/mol. The number of amides is 1. The van der Waals surface area contributed by atoms with E-state index in [-0.39, 0.29) is 11.8 Å². The summed E-state index contributed by atoms with van der Waals surface area (Å²) in [6.45, 7) is 1.89. The number of hydrogen-bond acceptors (Lipinski definition) is 5. The lowest BCUT2D eigenvalue weighted by Crippen LogP contribution is -2.18. The minimum Gasteiger partial charge on any atom is -0.463 e. The predicted octanol–water partition coefficient (Wildman–Crippen LogP) is 6.06. The lowest BCUT2D eigenvalue weighted by atomic mass is 9.88. The molecule has 0 radical (unpaired) electrons. The molecule has 7 heteroatoms. The van der Waals surface area contributed by atoms with E-state index >= 15 is 0 Å². The highest BCUT2D eigenvalue weighted by Crippen LogP contribution is 2.30. The number of carbonyl (C=O) groups is 1. The van der Waals surface area contributed by atoms with Gasteiger partial charge in [0.2, 0.25) is 11.0 Å². The molecule has 0 bridgehead atoms. The molecule has 0 aliphatic rings. The second kappa shape index (κ2) is 9.26. The molecule has 5 aromatic rings. The lowest BCUT2D eigenvalue weighted by molar-refractivity contribution is -0.116. The molecule has 164 valence electrons. The largest absolute Gasteiger partial charge is 0.463 e. The third-order valence-electron chi connectivity index (χ3n) is 5.34. The summed E-state index contributed by atoms with van der Waals surface area (Å²) >= 11 is 1.44. The Balaban J connectivity index is 1.39. The van der Waals surface area contributed by atoms with Gasteiger partial charge in [-0.15, -0.1) is 11.3 Å². The Morgan fingerprint density at radius 3 is 2.36 bits per heavy atom. The lowest BCUT2D eigenvalue weighted by Gasteiger charge is -2.18. The van der Waals surface area contributed by atoms with Crippen molar-refractivity contribution < 1.29 is 9.21 Å². The molecule has 0 aliphatic carbocycles. The molecule has 0 saturated carbocycles. The number of nitrogens with one attached hydrogen (secondary N) is 1. The van der Waals surface area contributed by atoms with Crippen molar-refractivity contribution in [3.05, 3.63) is 107 Å². The van der Waals surface area contributed by atoms with Gasteiger partial charge in [-0.2, -0.15) is 9.78 Å². The summed E-state index contributed by atoms with van der Waals surface area (Å²) < 4.78 is 7.11. The average molecular weight is 455 g/mol. The number of nitrogens with zero attached hydrogens (tertiary/aromatic N) is 3. The maximum atomic E-state index is 13.2. The number of aryl methyl sites for hydroxylation is 1. The van der Waals surface area contributed by atoms with Gasteiger partial charge in [0.15, 0.2) is 5.76 Å². The van der Waals surface area contributed by atoms with Crippen molar-refractivity contribution in [3.63, 3.8) is 0 Å². The second-order valence-corrected chi connectivity index (χ2v) is 8.54. The van der Waals surface area contributed by atoms with Crippen molar-refractivity contribution >= 4 is 23.1 Å². The molecule has 0 atom stereocenters. The van der Waals surface area contributed by atoms with Crippen LogP contribution in [0.25, 0.3) is 16.6 Å².